The Kier molecular flexibility index (Phi) is 6.88. The van der Waals surface area contributed by atoms with E-state index in [0.29, 0.717) is 17.9 Å². The van der Waals surface area contributed by atoms with Crippen LogP contribution in [0, 0.1) is 6.92 Å². The highest BCUT2D eigenvalue weighted by Crippen LogP contribution is 2.36. The van der Waals surface area contributed by atoms with Gasteiger partial charge < -0.3 is 34.8 Å². The van der Waals surface area contributed by atoms with Crippen molar-refractivity contribution < 1.29 is 30.3 Å². The monoisotopic (exact) mass is 461 g/mol. The number of halogens is 1. The molecular weight excluding hydrogens is 434 g/mol. The third-order valence-electron chi connectivity index (χ3n) is 6.13. The second-order valence-corrected chi connectivity index (χ2v) is 8.80. The average molecular weight is 462 g/mol. The maximum absolute atomic E-state index is 10.7. The molecule has 3 aromatic rings. The zero-order chi connectivity index (χ0) is 23.0. The Balaban J connectivity index is 1.77. The minimum absolute atomic E-state index is 0.103. The first-order valence-electron chi connectivity index (χ1n) is 10.6. The molecule has 4 rings (SSSR count). The predicted molar refractivity (Wildman–Crippen MR) is 121 cm³/mol. The maximum Gasteiger partial charge on any atom is 0.163 e. The van der Waals surface area contributed by atoms with Crippen molar-refractivity contribution in [2.75, 3.05) is 13.2 Å². The molecule has 1 aliphatic heterocycles. The molecule has 1 fully saturated rings. The number of fused-ring (bicyclic) bond motifs is 1. The summed E-state index contributed by atoms with van der Waals surface area (Å²) in [5, 5.41) is 51.3. The van der Waals surface area contributed by atoms with E-state index in [0.717, 1.165) is 33.2 Å². The van der Waals surface area contributed by atoms with Gasteiger partial charge in [-0.15, -0.1) is 0 Å². The van der Waals surface area contributed by atoms with E-state index >= 15 is 0 Å². The summed E-state index contributed by atoms with van der Waals surface area (Å²) in [4.78, 5) is 0. The van der Waals surface area contributed by atoms with Crippen LogP contribution in [0.4, 0.5) is 0 Å². The average Bonchev–Trinajstić information content (AvgIpc) is 3.12. The Morgan fingerprint density at radius 2 is 1.66 bits per heavy atom. The zero-order valence-electron chi connectivity index (χ0n) is 17.7. The molecule has 7 nitrogen and oxygen atoms in total. The third-order valence-corrected chi connectivity index (χ3v) is 6.35. The Morgan fingerprint density at radius 3 is 2.31 bits per heavy atom. The van der Waals surface area contributed by atoms with E-state index in [1.54, 1.807) is 10.6 Å². The fourth-order valence-corrected chi connectivity index (χ4v) is 4.75. The van der Waals surface area contributed by atoms with E-state index in [9.17, 15) is 20.4 Å². The van der Waals surface area contributed by atoms with Gasteiger partial charge in [0, 0.05) is 23.2 Å². The number of aliphatic hydroxyl groups excluding tert-OH is 5. The van der Waals surface area contributed by atoms with Crippen LogP contribution in [0.25, 0.3) is 10.9 Å². The number of aromatic nitrogens is 1. The van der Waals surface area contributed by atoms with E-state index in [1.807, 2.05) is 43.5 Å². The fourth-order valence-electron chi connectivity index (χ4n) is 4.48. The summed E-state index contributed by atoms with van der Waals surface area (Å²) < 4.78 is 7.51. The lowest BCUT2D eigenvalue weighted by molar-refractivity contribution is -0.250. The van der Waals surface area contributed by atoms with Crippen molar-refractivity contribution in [3.05, 3.63) is 69.9 Å². The van der Waals surface area contributed by atoms with Gasteiger partial charge in [0.2, 0.25) is 0 Å². The van der Waals surface area contributed by atoms with E-state index in [1.165, 1.54) is 0 Å². The molecular formula is C24H28ClNO6. The lowest BCUT2D eigenvalue weighted by atomic mass is 9.98. The number of aryl methyl sites for hydroxylation is 1. The molecule has 1 saturated heterocycles. The molecule has 0 radical (unpaired) electrons. The normalized spacial score (nSPS) is 26.0. The highest BCUT2D eigenvalue weighted by atomic mass is 35.5. The highest BCUT2D eigenvalue weighted by molar-refractivity contribution is 6.31. The molecule has 0 bridgehead atoms. The van der Waals surface area contributed by atoms with Crippen LogP contribution in [0.3, 0.4) is 0 Å². The van der Waals surface area contributed by atoms with E-state index in [2.05, 4.69) is 0 Å². The summed E-state index contributed by atoms with van der Waals surface area (Å²) in [6, 6.07) is 11.7. The highest BCUT2D eigenvalue weighted by Gasteiger charge is 2.44. The zero-order valence-corrected chi connectivity index (χ0v) is 18.5. The molecule has 32 heavy (non-hydrogen) atoms. The second-order valence-electron chi connectivity index (χ2n) is 8.36. The molecule has 8 heteroatoms. The Morgan fingerprint density at radius 1 is 0.969 bits per heavy atom. The molecule has 1 aliphatic rings. The van der Waals surface area contributed by atoms with Gasteiger partial charge in [-0.05, 0) is 54.2 Å². The van der Waals surface area contributed by atoms with Crippen LogP contribution in [0.2, 0.25) is 5.02 Å². The van der Waals surface area contributed by atoms with Crippen LogP contribution >= 0.6 is 11.6 Å². The maximum atomic E-state index is 10.7. The number of benzene rings is 2. The second kappa shape index (κ2) is 9.49. The van der Waals surface area contributed by atoms with Crippen molar-refractivity contribution in [1.29, 1.82) is 0 Å². The smallest absolute Gasteiger partial charge is 0.163 e. The molecule has 0 amide bonds. The van der Waals surface area contributed by atoms with Gasteiger partial charge in [-0.25, -0.2) is 0 Å². The van der Waals surface area contributed by atoms with Crippen LogP contribution < -0.4 is 0 Å². The molecule has 0 spiro atoms. The fraction of sp³-hybridized carbons (Fsp3) is 0.417. The van der Waals surface area contributed by atoms with E-state index in [-0.39, 0.29) is 6.61 Å². The standard InChI is InChI=1S/C24H28ClNO6/c1-13-8-17(25)10-18-20(13)16(9-15-4-2-14(3-5-15)6-7-27)11-26(18)24-23(31)22(30)21(29)19(12-28)32-24/h2-5,8,10-11,19,21-24,27-31H,6-7,9,12H2,1H3/t19-,21-,22+,23-,24-/m1/s1. The SMILES string of the molecule is Cc1cc(Cl)cc2c1c(Cc1ccc(CCO)cc1)cn2[C@@H]1O[C@H](CO)[C@@H](O)[C@H](O)[C@H]1O. The van der Waals surface area contributed by atoms with Crippen LogP contribution in [-0.4, -0.2) is 67.7 Å². The number of hydrogen-bond acceptors (Lipinski definition) is 6. The topological polar surface area (TPSA) is 115 Å². The van der Waals surface area contributed by atoms with Gasteiger partial charge in [0.25, 0.3) is 0 Å². The summed E-state index contributed by atoms with van der Waals surface area (Å²) in [5.41, 5.74) is 4.81. The quantitative estimate of drug-likeness (QED) is 0.381. The van der Waals surface area contributed by atoms with Gasteiger partial charge in [0.1, 0.15) is 24.4 Å². The van der Waals surface area contributed by atoms with Crippen LogP contribution in [0.1, 0.15) is 28.5 Å². The van der Waals surface area contributed by atoms with E-state index in [4.69, 9.17) is 21.4 Å². The number of nitrogens with zero attached hydrogens (tertiary/aromatic N) is 1. The molecule has 0 aliphatic carbocycles. The van der Waals surface area contributed by atoms with Crippen molar-refractivity contribution in [2.24, 2.45) is 0 Å². The Hall–Kier alpha value is -1.97. The lowest BCUT2D eigenvalue weighted by Crippen LogP contribution is -2.56. The van der Waals surface area contributed by atoms with Crippen molar-refractivity contribution >= 4 is 22.5 Å². The summed E-state index contributed by atoms with van der Waals surface area (Å²) in [5.74, 6) is 0. The van der Waals surface area contributed by atoms with Gasteiger partial charge in [0.05, 0.1) is 12.1 Å². The van der Waals surface area contributed by atoms with E-state index < -0.39 is 37.3 Å². The molecule has 5 N–H and O–H groups in total. The van der Waals surface area contributed by atoms with Crippen molar-refractivity contribution in [1.82, 2.24) is 4.57 Å². The molecule has 2 aromatic carbocycles. The van der Waals surface area contributed by atoms with Crippen molar-refractivity contribution in [3.8, 4) is 0 Å². The first-order chi connectivity index (χ1) is 15.3. The first kappa shape index (κ1) is 23.2. The summed E-state index contributed by atoms with van der Waals surface area (Å²) in [7, 11) is 0. The first-order valence-corrected chi connectivity index (χ1v) is 11.0. The lowest BCUT2D eigenvalue weighted by Gasteiger charge is -2.40. The van der Waals surface area contributed by atoms with Crippen LogP contribution in [0.15, 0.2) is 42.6 Å². The number of hydrogen-bond donors (Lipinski definition) is 5. The molecule has 2 heterocycles. The summed E-state index contributed by atoms with van der Waals surface area (Å²) in [6.07, 6.45) is -3.21. The third kappa shape index (κ3) is 4.30. The number of rotatable bonds is 6. The van der Waals surface area contributed by atoms with Crippen LogP contribution in [-0.2, 0) is 17.6 Å². The van der Waals surface area contributed by atoms with Gasteiger partial charge in [-0.2, -0.15) is 0 Å². The minimum Gasteiger partial charge on any atom is -0.396 e. The number of ether oxygens (including phenoxy) is 1. The van der Waals surface area contributed by atoms with Gasteiger partial charge in [-0.1, -0.05) is 35.9 Å². The molecule has 5 atom stereocenters. The summed E-state index contributed by atoms with van der Waals surface area (Å²) in [6.45, 7) is 1.57. The van der Waals surface area contributed by atoms with Crippen molar-refractivity contribution in [3.63, 3.8) is 0 Å². The van der Waals surface area contributed by atoms with Gasteiger partial charge in [0.15, 0.2) is 6.23 Å². The molecule has 0 saturated carbocycles. The minimum atomic E-state index is -1.47. The summed E-state index contributed by atoms with van der Waals surface area (Å²) >= 11 is 6.33. The Labute approximate surface area is 191 Å². The molecule has 0 unspecified atom stereocenters. The van der Waals surface area contributed by atoms with Gasteiger partial charge in [-0.3, -0.25) is 0 Å². The van der Waals surface area contributed by atoms with Gasteiger partial charge >= 0.3 is 0 Å². The molecule has 1 aromatic heterocycles. The largest absolute Gasteiger partial charge is 0.396 e. The van der Waals surface area contributed by atoms with Crippen molar-refractivity contribution in [2.45, 2.75) is 50.4 Å². The molecule has 172 valence electrons. The Bertz CT molecular complexity index is 1080. The van der Waals surface area contributed by atoms with Crippen LogP contribution in [0.5, 0.6) is 0 Å². The predicted octanol–water partition coefficient (Wildman–Crippen LogP) is 1.70. The number of aliphatic hydroxyl groups is 5.